The number of aromatic nitrogens is 3. The zero-order chi connectivity index (χ0) is 21.0. The van der Waals surface area contributed by atoms with E-state index in [1.165, 1.54) is 0 Å². The van der Waals surface area contributed by atoms with E-state index in [1.807, 2.05) is 37.3 Å². The van der Waals surface area contributed by atoms with Crippen LogP contribution in [0.4, 0.5) is 19.0 Å². The first-order valence-corrected chi connectivity index (χ1v) is 10.1. The number of aryl methyl sites for hydroxylation is 1. The zero-order valence-electron chi connectivity index (χ0n) is 15.6. The molecule has 5 nitrogen and oxygen atoms in total. The van der Waals surface area contributed by atoms with Gasteiger partial charge >= 0.3 is 6.36 Å². The SMILES string of the molecule is Cc1c(CCCCOC(F)(F)F)c(Br)n2nc(Cl)nc(NCc3ccccc3)c12. The fourth-order valence-electron chi connectivity index (χ4n) is 3.09. The van der Waals surface area contributed by atoms with Crippen LogP contribution in [-0.4, -0.2) is 27.6 Å². The third-order valence-corrected chi connectivity index (χ3v) is 5.43. The van der Waals surface area contributed by atoms with Crippen molar-refractivity contribution in [2.75, 3.05) is 11.9 Å². The summed E-state index contributed by atoms with van der Waals surface area (Å²) in [4.78, 5) is 4.32. The molecular formula is C19H19BrClF3N4O. The predicted molar refractivity (Wildman–Crippen MR) is 109 cm³/mol. The van der Waals surface area contributed by atoms with Crippen molar-refractivity contribution < 1.29 is 17.9 Å². The van der Waals surface area contributed by atoms with Gasteiger partial charge in [-0.1, -0.05) is 30.3 Å². The van der Waals surface area contributed by atoms with Gasteiger partial charge in [-0.25, -0.2) is 4.52 Å². The zero-order valence-corrected chi connectivity index (χ0v) is 17.9. The van der Waals surface area contributed by atoms with Gasteiger partial charge in [-0.05, 0) is 70.4 Å². The Morgan fingerprint density at radius 1 is 1.21 bits per heavy atom. The molecule has 0 unspecified atom stereocenters. The molecule has 3 aromatic rings. The minimum atomic E-state index is -4.59. The highest BCUT2D eigenvalue weighted by Gasteiger charge is 2.28. The van der Waals surface area contributed by atoms with Crippen molar-refractivity contribution in [1.82, 2.24) is 14.6 Å². The average Bonchev–Trinajstić information content (AvgIpc) is 2.90. The van der Waals surface area contributed by atoms with Gasteiger partial charge in [0.1, 0.15) is 10.1 Å². The van der Waals surface area contributed by atoms with Crippen LogP contribution in [0.3, 0.4) is 0 Å². The summed E-state index contributed by atoms with van der Waals surface area (Å²) < 4.78 is 42.5. The van der Waals surface area contributed by atoms with Gasteiger partial charge in [-0.3, -0.25) is 4.74 Å². The molecule has 1 N–H and O–H groups in total. The van der Waals surface area contributed by atoms with Crippen molar-refractivity contribution >= 4 is 38.9 Å². The first-order valence-electron chi connectivity index (χ1n) is 8.98. The summed E-state index contributed by atoms with van der Waals surface area (Å²) in [6, 6.07) is 9.87. The second kappa shape index (κ2) is 9.32. The topological polar surface area (TPSA) is 51.5 Å². The molecule has 0 aliphatic heterocycles. The lowest BCUT2D eigenvalue weighted by Crippen LogP contribution is -2.14. The average molecular weight is 492 g/mol. The van der Waals surface area contributed by atoms with Crippen molar-refractivity contribution in [3.05, 3.63) is 56.9 Å². The van der Waals surface area contributed by atoms with Crippen LogP contribution in [0, 0.1) is 6.92 Å². The standard InChI is InChI=1S/C19H19BrClF3N4O/c1-12-14(9-5-6-10-29-19(22,23)24)16(20)28-15(12)17(26-18(21)27-28)25-11-13-7-3-2-4-8-13/h2-4,7-8H,5-6,9-11H2,1H3,(H,25,26,27). The number of halogens is 5. The van der Waals surface area contributed by atoms with Crippen LogP contribution in [0.5, 0.6) is 0 Å². The number of nitrogens with zero attached hydrogens (tertiary/aromatic N) is 3. The van der Waals surface area contributed by atoms with E-state index >= 15 is 0 Å². The molecule has 1 aromatic carbocycles. The largest absolute Gasteiger partial charge is 0.522 e. The van der Waals surface area contributed by atoms with Gasteiger partial charge in [0.2, 0.25) is 5.28 Å². The number of ether oxygens (including phenoxy) is 1. The van der Waals surface area contributed by atoms with Crippen LogP contribution in [0.15, 0.2) is 34.9 Å². The minimum Gasteiger partial charge on any atom is -0.364 e. The van der Waals surface area contributed by atoms with Gasteiger partial charge in [0.05, 0.1) is 6.61 Å². The first kappa shape index (κ1) is 21.9. The van der Waals surface area contributed by atoms with Gasteiger partial charge in [0, 0.05) is 6.54 Å². The highest BCUT2D eigenvalue weighted by molar-refractivity contribution is 9.10. The number of hydrogen-bond donors (Lipinski definition) is 1. The monoisotopic (exact) mass is 490 g/mol. The van der Waals surface area contributed by atoms with Crippen molar-refractivity contribution in [3.8, 4) is 0 Å². The maximum absolute atomic E-state index is 12.1. The number of alkyl halides is 3. The van der Waals surface area contributed by atoms with Crippen LogP contribution in [0.1, 0.15) is 29.5 Å². The van der Waals surface area contributed by atoms with Crippen molar-refractivity contribution in [2.24, 2.45) is 0 Å². The fourth-order valence-corrected chi connectivity index (χ4v) is 4.00. The smallest absolute Gasteiger partial charge is 0.364 e. The number of unbranched alkanes of at least 4 members (excludes halogenated alkanes) is 1. The van der Waals surface area contributed by atoms with E-state index < -0.39 is 6.36 Å². The number of benzene rings is 1. The van der Waals surface area contributed by atoms with Crippen LogP contribution < -0.4 is 5.32 Å². The minimum absolute atomic E-state index is 0.0916. The molecule has 0 amide bonds. The summed E-state index contributed by atoms with van der Waals surface area (Å²) in [5.74, 6) is 0.596. The lowest BCUT2D eigenvalue weighted by Gasteiger charge is -2.09. The van der Waals surface area contributed by atoms with Crippen LogP contribution >= 0.6 is 27.5 Å². The quantitative estimate of drug-likeness (QED) is 0.397. The molecule has 0 aliphatic carbocycles. The van der Waals surface area contributed by atoms with E-state index in [9.17, 15) is 13.2 Å². The Balaban J connectivity index is 1.78. The molecule has 2 aromatic heterocycles. The molecule has 0 saturated heterocycles. The maximum atomic E-state index is 12.1. The van der Waals surface area contributed by atoms with E-state index in [0.29, 0.717) is 36.2 Å². The van der Waals surface area contributed by atoms with Crippen LogP contribution in [-0.2, 0) is 17.7 Å². The molecule has 0 aliphatic rings. The lowest BCUT2D eigenvalue weighted by atomic mass is 10.1. The molecule has 156 valence electrons. The number of anilines is 1. The Labute approximate surface area is 179 Å². The highest BCUT2D eigenvalue weighted by Crippen LogP contribution is 2.32. The summed E-state index contributed by atoms with van der Waals surface area (Å²) in [7, 11) is 0. The Hall–Kier alpha value is -1.84. The first-order chi connectivity index (χ1) is 13.8. The maximum Gasteiger partial charge on any atom is 0.522 e. The van der Waals surface area contributed by atoms with Crippen molar-refractivity contribution in [1.29, 1.82) is 0 Å². The lowest BCUT2D eigenvalue weighted by molar-refractivity contribution is -0.324. The van der Waals surface area contributed by atoms with E-state index in [1.54, 1.807) is 4.52 Å². The molecule has 3 rings (SSSR count). The van der Waals surface area contributed by atoms with E-state index in [4.69, 9.17) is 11.6 Å². The number of hydrogen-bond acceptors (Lipinski definition) is 4. The number of nitrogens with one attached hydrogen (secondary N) is 1. The summed E-state index contributed by atoms with van der Waals surface area (Å²) >= 11 is 9.64. The second-order valence-electron chi connectivity index (χ2n) is 6.47. The molecule has 2 heterocycles. The molecule has 0 spiro atoms. The van der Waals surface area contributed by atoms with E-state index in [-0.39, 0.29) is 11.9 Å². The number of rotatable bonds is 8. The normalized spacial score (nSPS) is 11.9. The Bertz CT molecular complexity index is 979. The van der Waals surface area contributed by atoms with Gasteiger partial charge < -0.3 is 5.32 Å². The summed E-state index contributed by atoms with van der Waals surface area (Å²) in [6.45, 7) is 2.14. The second-order valence-corrected chi connectivity index (χ2v) is 7.56. The third-order valence-electron chi connectivity index (χ3n) is 4.46. The summed E-state index contributed by atoms with van der Waals surface area (Å²) in [5, 5.41) is 7.65. The van der Waals surface area contributed by atoms with Crippen LogP contribution in [0.25, 0.3) is 5.52 Å². The summed E-state index contributed by atoms with van der Waals surface area (Å²) in [6.07, 6.45) is -3.18. The molecule has 10 heteroatoms. The van der Waals surface area contributed by atoms with Gasteiger partial charge in [0.25, 0.3) is 0 Å². The summed E-state index contributed by atoms with van der Waals surface area (Å²) in [5.41, 5.74) is 3.77. The molecule has 0 atom stereocenters. The number of fused-ring (bicyclic) bond motifs is 1. The van der Waals surface area contributed by atoms with E-state index in [2.05, 4.69) is 36.1 Å². The highest BCUT2D eigenvalue weighted by atomic mass is 79.9. The Morgan fingerprint density at radius 2 is 1.93 bits per heavy atom. The Kier molecular flexibility index (Phi) is 7.02. The van der Waals surface area contributed by atoms with Gasteiger partial charge in [0.15, 0.2) is 5.82 Å². The molecular weight excluding hydrogens is 473 g/mol. The predicted octanol–water partition coefficient (Wildman–Crippen LogP) is 5.92. The molecule has 0 bridgehead atoms. The van der Waals surface area contributed by atoms with E-state index in [0.717, 1.165) is 22.2 Å². The van der Waals surface area contributed by atoms with Crippen LogP contribution in [0.2, 0.25) is 5.28 Å². The van der Waals surface area contributed by atoms with Crippen molar-refractivity contribution in [3.63, 3.8) is 0 Å². The molecule has 0 fully saturated rings. The molecule has 0 radical (unpaired) electrons. The molecule has 29 heavy (non-hydrogen) atoms. The third kappa shape index (κ3) is 5.61. The van der Waals surface area contributed by atoms with Crippen molar-refractivity contribution in [2.45, 2.75) is 39.1 Å². The van der Waals surface area contributed by atoms with Gasteiger partial charge in [-0.15, -0.1) is 18.3 Å². The Morgan fingerprint density at radius 3 is 2.62 bits per heavy atom. The molecule has 0 saturated carbocycles. The van der Waals surface area contributed by atoms with Gasteiger partial charge in [-0.2, -0.15) is 4.98 Å². The fraction of sp³-hybridized carbons (Fsp3) is 0.368.